The van der Waals surface area contributed by atoms with Crippen LogP contribution in [0.2, 0.25) is 0 Å². The summed E-state index contributed by atoms with van der Waals surface area (Å²) in [7, 11) is 1.54. The molecule has 1 unspecified atom stereocenters. The molecule has 2 aliphatic rings. The summed E-state index contributed by atoms with van der Waals surface area (Å²) in [5.74, 6) is 0.269. The molecule has 2 N–H and O–H groups in total. The summed E-state index contributed by atoms with van der Waals surface area (Å²) >= 11 is 6.65. The number of para-hydroxylation sites is 1. The lowest BCUT2D eigenvalue weighted by Gasteiger charge is -2.18. The molecule has 0 spiro atoms. The van der Waals surface area contributed by atoms with Gasteiger partial charge in [-0.1, -0.05) is 18.2 Å². The van der Waals surface area contributed by atoms with Gasteiger partial charge in [0.15, 0.2) is 16.7 Å². The minimum Gasteiger partial charge on any atom is -0.496 e. The van der Waals surface area contributed by atoms with Crippen LogP contribution in [0.3, 0.4) is 0 Å². The number of carbonyl (C=O) groups is 2. The Morgan fingerprint density at radius 1 is 1.13 bits per heavy atom. The molecule has 1 saturated heterocycles. The van der Waals surface area contributed by atoms with E-state index in [9.17, 15) is 14.0 Å². The van der Waals surface area contributed by atoms with Gasteiger partial charge < -0.3 is 25.0 Å². The molecule has 0 saturated carbocycles. The fourth-order valence-electron chi connectivity index (χ4n) is 4.60. The first-order chi connectivity index (χ1) is 18.9. The number of nitrogens with zero attached hydrogens (tertiary/aromatic N) is 2. The van der Waals surface area contributed by atoms with E-state index in [2.05, 4.69) is 15.6 Å². The zero-order valence-electron chi connectivity index (χ0n) is 21.2. The fourth-order valence-corrected chi connectivity index (χ4v) is 6.10. The van der Waals surface area contributed by atoms with Crippen LogP contribution in [0.4, 0.5) is 10.1 Å². The van der Waals surface area contributed by atoms with Gasteiger partial charge in [0.1, 0.15) is 11.5 Å². The fraction of sp³-hybridized carbons (Fsp3) is 0.286. The van der Waals surface area contributed by atoms with Crippen LogP contribution in [0.1, 0.15) is 24.1 Å². The first kappa shape index (κ1) is 26.9. The van der Waals surface area contributed by atoms with E-state index in [4.69, 9.17) is 21.7 Å². The summed E-state index contributed by atoms with van der Waals surface area (Å²) in [6.45, 7) is 1.59. The molecule has 1 fully saturated rings. The van der Waals surface area contributed by atoms with E-state index in [0.717, 1.165) is 42.1 Å². The number of thioether (sulfide) groups is 1. The number of rotatable bonds is 7. The molecule has 3 aromatic rings. The van der Waals surface area contributed by atoms with E-state index in [-0.39, 0.29) is 34.3 Å². The number of carbonyl (C=O) groups excluding carboxylic acids is 2. The Kier molecular flexibility index (Phi) is 8.27. The molecule has 2 aromatic carbocycles. The average Bonchev–Trinajstić information content (AvgIpc) is 3.61. The van der Waals surface area contributed by atoms with Crippen molar-refractivity contribution in [2.24, 2.45) is 0 Å². The van der Waals surface area contributed by atoms with Crippen LogP contribution < -0.4 is 20.1 Å². The van der Waals surface area contributed by atoms with E-state index in [0.29, 0.717) is 23.6 Å². The highest BCUT2D eigenvalue weighted by Gasteiger charge is 2.35. The normalized spacial score (nSPS) is 15.9. The van der Waals surface area contributed by atoms with Crippen molar-refractivity contribution in [3.05, 3.63) is 71.8 Å². The molecule has 2 aliphatic heterocycles. The Labute approximate surface area is 235 Å². The van der Waals surface area contributed by atoms with Gasteiger partial charge >= 0.3 is 0 Å². The number of ether oxygens (including phenoxy) is 2. The van der Waals surface area contributed by atoms with Crippen LogP contribution >= 0.6 is 24.0 Å². The quantitative estimate of drug-likeness (QED) is 0.397. The van der Waals surface area contributed by atoms with Crippen LogP contribution in [-0.4, -0.2) is 52.3 Å². The maximum Gasteiger partial charge on any atom is 0.236 e. The highest BCUT2D eigenvalue weighted by Crippen LogP contribution is 2.44. The summed E-state index contributed by atoms with van der Waals surface area (Å²) < 4.78 is 26.2. The van der Waals surface area contributed by atoms with Gasteiger partial charge in [-0.15, -0.1) is 11.8 Å². The van der Waals surface area contributed by atoms with Crippen molar-refractivity contribution in [1.82, 2.24) is 15.2 Å². The Morgan fingerprint density at radius 3 is 2.69 bits per heavy atom. The van der Waals surface area contributed by atoms with Gasteiger partial charge in [-0.05, 0) is 43.3 Å². The third-order valence-corrected chi connectivity index (χ3v) is 8.01. The number of likely N-dealkylation sites (tertiary alicyclic amines) is 1. The van der Waals surface area contributed by atoms with Gasteiger partial charge in [0.25, 0.3) is 0 Å². The molecule has 0 bridgehead atoms. The topological polar surface area (TPSA) is 92.8 Å². The molecule has 202 valence electrons. The van der Waals surface area contributed by atoms with Crippen LogP contribution in [0.15, 0.2) is 59.6 Å². The molecule has 2 amide bonds. The molecular formula is C28H27FN4O4S2. The standard InChI is InChI=1S/C28H27FN4O4S2/c1-36-21-7-3-2-6-17(21)14-25(34)32-28(38)31-18-8-9-22(19(29)15-18)37-23-10-11-30-20-16-24(39-26(20)23)27(35)33-12-4-5-13-33/h2-3,6-11,15,24H,4-5,12-14,16H2,1H3,(H2,31,32,34,38). The molecule has 39 heavy (non-hydrogen) atoms. The molecule has 11 heteroatoms. The predicted molar refractivity (Wildman–Crippen MR) is 151 cm³/mol. The van der Waals surface area contributed by atoms with Gasteiger partial charge in [-0.2, -0.15) is 0 Å². The van der Waals surface area contributed by atoms with Gasteiger partial charge in [0.05, 0.1) is 29.4 Å². The van der Waals surface area contributed by atoms with E-state index >= 15 is 0 Å². The SMILES string of the molecule is COc1ccccc1CC(=O)NC(=S)Nc1ccc(Oc2ccnc3c2SC(C(=O)N2CCCC2)C3)c(F)c1. The van der Waals surface area contributed by atoms with Crippen molar-refractivity contribution in [3.63, 3.8) is 0 Å². The number of anilines is 1. The van der Waals surface area contributed by atoms with E-state index in [1.54, 1.807) is 37.6 Å². The van der Waals surface area contributed by atoms with Crippen molar-refractivity contribution in [2.75, 3.05) is 25.5 Å². The summed E-state index contributed by atoms with van der Waals surface area (Å²) in [5.41, 5.74) is 1.86. The molecule has 3 heterocycles. The number of hydrogen-bond donors (Lipinski definition) is 2. The smallest absolute Gasteiger partial charge is 0.236 e. The summed E-state index contributed by atoms with van der Waals surface area (Å²) in [5, 5.41) is 5.21. The van der Waals surface area contributed by atoms with Crippen LogP contribution in [0, 0.1) is 5.82 Å². The largest absolute Gasteiger partial charge is 0.496 e. The third kappa shape index (κ3) is 6.31. The Bertz CT molecular complexity index is 1410. The summed E-state index contributed by atoms with van der Waals surface area (Å²) in [6, 6.07) is 13.2. The third-order valence-electron chi connectivity index (χ3n) is 6.48. The zero-order chi connectivity index (χ0) is 27.4. The molecular weight excluding hydrogens is 539 g/mol. The summed E-state index contributed by atoms with van der Waals surface area (Å²) in [6.07, 6.45) is 4.28. The minimum atomic E-state index is -0.610. The van der Waals surface area contributed by atoms with Gasteiger partial charge in [0, 0.05) is 49.1 Å². The van der Waals surface area contributed by atoms with Gasteiger partial charge in [-0.25, -0.2) is 4.39 Å². The van der Waals surface area contributed by atoms with Gasteiger partial charge in [0.2, 0.25) is 11.8 Å². The maximum atomic E-state index is 15.0. The van der Waals surface area contributed by atoms with Crippen molar-refractivity contribution in [2.45, 2.75) is 35.8 Å². The molecule has 8 nitrogen and oxygen atoms in total. The second-order valence-electron chi connectivity index (χ2n) is 9.17. The van der Waals surface area contributed by atoms with E-state index in [1.807, 2.05) is 17.0 Å². The number of amides is 2. The Morgan fingerprint density at radius 2 is 1.92 bits per heavy atom. The number of halogens is 1. The number of aromatic nitrogens is 1. The monoisotopic (exact) mass is 566 g/mol. The number of fused-ring (bicyclic) bond motifs is 1. The maximum absolute atomic E-state index is 15.0. The van der Waals surface area contributed by atoms with Gasteiger partial charge in [-0.3, -0.25) is 14.6 Å². The number of methoxy groups -OCH3 is 1. The van der Waals surface area contributed by atoms with E-state index in [1.165, 1.54) is 23.9 Å². The minimum absolute atomic E-state index is 0.0231. The van der Waals surface area contributed by atoms with Crippen molar-refractivity contribution < 1.29 is 23.5 Å². The number of benzene rings is 2. The zero-order valence-corrected chi connectivity index (χ0v) is 22.9. The van der Waals surface area contributed by atoms with Crippen molar-refractivity contribution >= 4 is 46.6 Å². The lowest BCUT2D eigenvalue weighted by atomic mass is 10.1. The first-order valence-corrected chi connectivity index (χ1v) is 13.8. The average molecular weight is 567 g/mol. The Hall–Kier alpha value is -3.70. The predicted octanol–water partition coefficient (Wildman–Crippen LogP) is 4.72. The number of pyridine rings is 1. The van der Waals surface area contributed by atoms with E-state index < -0.39 is 5.82 Å². The van der Waals surface area contributed by atoms with Crippen molar-refractivity contribution in [1.29, 1.82) is 0 Å². The van der Waals surface area contributed by atoms with Crippen molar-refractivity contribution in [3.8, 4) is 17.2 Å². The number of thiocarbonyl (C=S) groups is 1. The molecule has 1 atom stereocenters. The van der Waals surface area contributed by atoms with Crippen LogP contribution in [0.5, 0.6) is 17.2 Å². The molecule has 1 aromatic heterocycles. The lowest BCUT2D eigenvalue weighted by molar-refractivity contribution is -0.129. The Balaban J connectivity index is 1.19. The molecule has 5 rings (SSSR count). The van der Waals surface area contributed by atoms with Crippen LogP contribution in [0.25, 0.3) is 0 Å². The first-order valence-electron chi connectivity index (χ1n) is 12.5. The highest BCUT2D eigenvalue weighted by molar-refractivity contribution is 8.01. The number of nitrogens with one attached hydrogen (secondary N) is 2. The number of hydrogen-bond acceptors (Lipinski definition) is 7. The highest BCUT2D eigenvalue weighted by atomic mass is 32.2. The molecule has 0 radical (unpaired) electrons. The summed E-state index contributed by atoms with van der Waals surface area (Å²) in [4.78, 5) is 32.4. The lowest BCUT2D eigenvalue weighted by Crippen LogP contribution is -2.35. The second-order valence-corrected chi connectivity index (χ2v) is 10.8. The molecule has 0 aliphatic carbocycles. The van der Waals surface area contributed by atoms with Crippen LogP contribution in [-0.2, 0) is 22.4 Å². The second kappa shape index (κ2) is 12.0.